The molecule has 220 valence electrons. The Morgan fingerprint density at radius 3 is 2.32 bits per heavy atom. The van der Waals surface area contributed by atoms with E-state index in [9.17, 15) is 23.4 Å². The SMILES string of the molecule is CN/C(=C\c1cccc(CN2CCCCC2)n1)CC(O)(CC(C)(C)c1cc(-c2ccccc2)ccc1O)C(F)(F)F. The van der Waals surface area contributed by atoms with Gasteiger partial charge in [-0.1, -0.05) is 62.7 Å². The molecule has 0 radical (unpaired) electrons. The van der Waals surface area contributed by atoms with Gasteiger partial charge in [0, 0.05) is 31.3 Å². The Bertz CT molecular complexity index is 1340. The Hall–Kier alpha value is -3.36. The van der Waals surface area contributed by atoms with E-state index in [0.717, 1.165) is 42.8 Å². The predicted molar refractivity (Wildman–Crippen MR) is 157 cm³/mol. The van der Waals surface area contributed by atoms with Crippen LogP contribution in [0.1, 0.15) is 62.9 Å². The van der Waals surface area contributed by atoms with Crippen LogP contribution < -0.4 is 5.32 Å². The number of aromatic hydroxyl groups is 1. The summed E-state index contributed by atoms with van der Waals surface area (Å²) in [7, 11) is 1.54. The molecule has 3 N–H and O–H groups in total. The van der Waals surface area contributed by atoms with Crippen molar-refractivity contribution in [1.29, 1.82) is 0 Å². The van der Waals surface area contributed by atoms with Gasteiger partial charge in [0.25, 0.3) is 0 Å². The highest BCUT2D eigenvalue weighted by Gasteiger charge is 2.56. The number of aromatic nitrogens is 1. The molecule has 0 bridgehead atoms. The lowest BCUT2D eigenvalue weighted by Crippen LogP contribution is -2.50. The van der Waals surface area contributed by atoms with Crippen LogP contribution in [0.15, 0.2) is 72.4 Å². The number of pyridine rings is 1. The normalized spacial score (nSPS) is 16.8. The fourth-order valence-corrected chi connectivity index (χ4v) is 5.70. The van der Waals surface area contributed by atoms with Gasteiger partial charge in [-0.25, -0.2) is 0 Å². The van der Waals surface area contributed by atoms with Gasteiger partial charge in [-0.2, -0.15) is 13.2 Å². The topological polar surface area (TPSA) is 68.6 Å². The third kappa shape index (κ3) is 7.68. The fourth-order valence-electron chi connectivity index (χ4n) is 5.70. The second-order valence-electron chi connectivity index (χ2n) is 11.7. The van der Waals surface area contributed by atoms with Gasteiger partial charge in [0.2, 0.25) is 0 Å². The summed E-state index contributed by atoms with van der Waals surface area (Å²) < 4.78 is 43.7. The van der Waals surface area contributed by atoms with Gasteiger partial charge in [-0.3, -0.25) is 9.88 Å². The van der Waals surface area contributed by atoms with Crippen molar-refractivity contribution in [3.05, 3.63) is 89.4 Å². The first kappa shape index (κ1) is 30.6. The first-order valence-corrected chi connectivity index (χ1v) is 14.1. The van der Waals surface area contributed by atoms with Crippen molar-refractivity contribution in [2.24, 2.45) is 0 Å². The summed E-state index contributed by atoms with van der Waals surface area (Å²) in [5.74, 6) is -0.113. The van der Waals surface area contributed by atoms with Gasteiger partial charge in [-0.15, -0.1) is 0 Å². The van der Waals surface area contributed by atoms with E-state index in [0.29, 0.717) is 17.8 Å². The number of piperidine rings is 1. The van der Waals surface area contributed by atoms with Gasteiger partial charge in [-0.05, 0) is 79.2 Å². The summed E-state index contributed by atoms with van der Waals surface area (Å²) in [6.45, 7) is 5.95. The fraction of sp³-hybridized carbons (Fsp3) is 0.424. The minimum absolute atomic E-state index is 0.113. The van der Waals surface area contributed by atoms with Crippen molar-refractivity contribution in [2.75, 3.05) is 20.1 Å². The number of halogens is 3. The second-order valence-corrected chi connectivity index (χ2v) is 11.7. The van der Waals surface area contributed by atoms with E-state index in [-0.39, 0.29) is 11.4 Å². The lowest BCUT2D eigenvalue weighted by molar-refractivity contribution is -0.266. The Balaban J connectivity index is 1.60. The number of nitrogens with zero attached hydrogens (tertiary/aromatic N) is 2. The highest BCUT2D eigenvalue weighted by molar-refractivity contribution is 5.66. The molecule has 1 unspecified atom stereocenters. The van der Waals surface area contributed by atoms with Crippen LogP contribution in [-0.2, 0) is 12.0 Å². The molecule has 0 aliphatic carbocycles. The van der Waals surface area contributed by atoms with Gasteiger partial charge in [0.15, 0.2) is 5.60 Å². The van der Waals surface area contributed by atoms with Crippen LogP contribution in [0.2, 0.25) is 0 Å². The summed E-state index contributed by atoms with van der Waals surface area (Å²) in [6, 6.07) is 19.9. The van der Waals surface area contributed by atoms with Crippen LogP contribution in [0.5, 0.6) is 5.75 Å². The first-order valence-electron chi connectivity index (χ1n) is 14.1. The lowest BCUT2D eigenvalue weighted by atomic mass is 9.72. The van der Waals surface area contributed by atoms with Crippen molar-refractivity contribution in [2.45, 2.75) is 69.7 Å². The van der Waals surface area contributed by atoms with E-state index in [1.165, 1.54) is 12.5 Å². The van der Waals surface area contributed by atoms with Gasteiger partial charge in [0.05, 0.1) is 11.4 Å². The maximum absolute atomic E-state index is 14.6. The molecule has 0 spiro atoms. The van der Waals surface area contributed by atoms with E-state index in [1.807, 2.05) is 42.5 Å². The molecule has 1 saturated heterocycles. The molecular formula is C33H40F3N3O2. The number of phenols is 1. The van der Waals surface area contributed by atoms with E-state index < -0.39 is 30.0 Å². The van der Waals surface area contributed by atoms with Crippen LogP contribution in [-0.4, -0.2) is 52.0 Å². The molecule has 0 saturated carbocycles. The number of hydrogen-bond acceptors (Lipinski definition) is 5. The maximum Gasteiger partial charge on any atom is 0.417 e. The van der Waals surface area contributed by atoms with Crippen LogP contribution >= 0.6 is 0 Å². The third-order valence-electron chi connectivity index (χ3n) is 7.88. The largest absolute Gasteiger partial charge is 0.508 e. The quantitative estimate of drug-likeness (QED) is 0.245. The Kier molecular flexibility index (Phi) is 9.44. The smallest absolute Gasteiger partial charge is 0.417 e. The standard InChI is InChI=1S/C33H40F3N3O2/c1-31(2,29-19-25(15-16-30(29)40)24-11-6-4-7-12-24)23-32(41,33(34,35)36)21-28(37-3)20-26-13-10-14-27(38-26)22-39-17-8-5-9-18-39/h4,6-7,10-16,19-20,37,40-41H,5,8-9,17-18,21-23H2,1-3H3/b28-20-. The summed E-state index contributed by atoms with van der Waals surface area (Å²) in [4.78, 5) is 7.00. The van der Waals surface area contributed by atoms with Crippen molar-refractivity contribution in [3.8, 4) is 16.9 Å². The maximum atomic E-state index is 14.6. The molecule has 1 aliphatic heterocycles. The first-order chi connectivity index (χ1) is 19.4. The predicted octanol–water partition coefficient (Wildman–Crippen LogP) is 7.05. The zero-order chi connectivity index (χ0) is 29.7. The number of aliphatic hydroxyl groups is 1. The average Bonchev–Trinajstić information content (AvgIpc) is 2.93. The zero-order valence-corrected chi connectivity index (χ0v) is 24.0. The molecule has 4 rings (SSSR count). The number of phenolic OH excluding ortho intramolecular Hbond substituents is 1. The second kappa shape index (κ2) is 12.7. The van der Waals surface area contributed by atoms with Gasteiger partial charge >= 0.3 is 6.18 Å². The molecule has 1 fully saturated rings. The van der Waals surface area contributed by atoms with E-state index in [2.05, 4.69) is 15.2 Å². The minimum atomic E-state index is -4.92. The van der Waals surface area contributed by atoms with Gasteiger partial charge in [0.1, 0.15) is 5.75 Å². The number of benzene rings is 2. The minimum Gasteiger partial charge on any atom is -0.508 e. The molecule has 0 amide bonds. The molecule has 3 aromatic rings. The van der Waals surface area contributed by atoms with Crippen molar-refractivity contribution in [3.63, 3.8) is 0 Å². The monoisotopic (exact) mass is 567 g/mol. The Morgan fingerprint density at radius 2 is 1.66 bits per heavy atom. The number of hydrogen-bond donors (Lipinski definition) is 3. The molecule has 8 heteroatoms. The summed E-state index contributed by atoms with van der Waals surface area (Å²) in [5, 5.41) is 24.8. The van der Waals surface area contributed by atoms with Crippen LogP contribution in [0.25, 0.3) is 17.2 Å². The number of nitrogens with one attached hydrogen (secondary N) is 1. The van der Waals surface area contributed by atoms with Crippen LogP contribution in [0.4, 0.5) is 13.2 Å². The molecule has 1 aromatic heterocycles. The average molecular weight is 568 g/mol. The molecule has 41 heavy (non-hydrogen) atoms. The third-order valence-corrected chi connectivity index (χ3v) is 7.88. The van der Waals surface area contributed by atoms with Crippen molar-refractivity contribution in [1.82, 2.24) is 15.2 Å². The van der Waals surface area contributed by atoms with Crippen LogP contribution in [0, 0.1) is 0 Å². The van der Waals surface area contributed by atoms with Gasteiger partial charge < -0.3 is 15.5 Å². The van der Waals surface area contributed by atoms with E-state index >= 15 is 0 Å². The molecule has 5 nitrogen and oxygen atoms in total. The molecule has 1 atom stereocenters. The summed E-state index contributed by atoms with van der Waals surface area (Å²) in [6.07, 6.45) is -1.15. The molecule has 2 aromatic carbocycles. The number of alkyl halides is 3. The molecule has 1 aliphatic rings. The van der Waals surface area contributed by atoms with E-state index in [1.54, 1.807) is 45.2 Å². The summed E-state index contributed by atoms with van der Waals surface area (Å²) in [5.41, 5.74) is -0.692. The zero-order valence-electron chi connectivity index (χ0n) is 24.0. The highest BCUT2D eigenvalue weighted by Crippen LogP contribution is 2.46. The Labute approximate surface area is 240 Å². The van der Waals surface area contributed by atoms with Crippen molar-refractivity contribution >= 4 is 6.08 Å². The summed E-state index contributed by atoms with van der Waals surface area (Å²) >= 11 is 0. The lowest BCUT2D eigenvalue weighted by Gasteiger charge is -2.38. The highest BCUT2D eigenvalue weighted by atomic mass is 19.4. The molecule has 2 heterocycles. The molecular weight excluding hydrogens is 527 g/mol. The number of rotatable bonds is 10. The van der Waals surface area contributed by atoms with Crippen molar-refractivity contribution < 1.29 is 23.4 Å². The number of likely N-dealkylation sites (tertiary alicyclic amines) is 1. The Morgan fingerprint density at radius 1 is 0.951 bits per heavy atom. The van der Waals surface area contributed by atoms with E-state index in [4.69, 9.17) is 0 Å². The van der Waals surface area contributed by atoms with Crippen LogP contribution in [0.3, 0.4) is 0 Å².